The summed E-state index contributed by atoms with van der Waals surface area (Å²) in [7, 11) is 0. The molecular formula is C25H48O4. The highest BCUT2D eigenvalue weighted by Crippen LogP contribution is 2.27. The van der Waals surface area contributed by atoms with Gasteiger partial charge in [0.1, 0.15) is 0 Å². The summed E-state index contributed by atoms with van der Waals surface area (Å²) in [5.74, 6) is 0.514. The van der Waals surface area contributed by atoms with Crippen LogP contribution in [0.3, 0.4) is 0 Å². The highest BCUT2D eigenvalue weighted by atomic mass is 16.5. The van der Waals surface area contributed by atoms with Crippen molar-refractivity contribution in [3.05, 3.63) is 0 Å². The third-order valence-corrected chi connectivity index (χ3v) is 5.71. The van der Waals surface area contributed by atoms with Crippen molar-refractivity contribution >= 4 is 11.9 Å². The van der Waals surface area contributed by atoms with Crippen molar-refractivity contribution in [3.8, 4) is 0 Å². The topological polar surface area (TPSA) is 52.6 Å². The van der Waals surface area contributed by atoms with E-state index < -0.39 is 0 Å². The highest BCUT2D eigenvalue weighted by molar-refractivity contribution is 5.72. The van der Waals surface area contributed by atoms with Crippen LogP contribution in [0.1, 0.15) is 124 Å². The number of hydrogen-bond acceptors (Lipinski definition) is 4. The Morgan fingerprint density at radius 2 is 1.17 bits per heavy atom. The standard InChI is InChI=1S/C25H48O4/c1-5-20-28-24(26)19-17-15-13-11-9-10-12-14-16-18-22(7-3)23(8-4)25(27)29-21-6-2/h22-23H,5-21H2,1-4H3. The first-order valence-electron chi connectivity index (χ1n) is 12.4. The molecule has 0 rings (SSSR count). The minimum Gasteiger partial charge on any atom is -0.466 e. The Morgan fingerprint density at radius 1 is 0.655 bits per heavy atom. The van der Waals surface area contributed by atoms with E-state index in [2.05, 4.69) is 13.8 Å². The molecule has 0 N–H and O–H groups in total. The molecule has 0 heterocycles. The lowest BCUT2D eigenvalue weighted by molar-refractivity contribution is -0.151. The van der Waals surface area contributed by atoms with Crippen molar-refractivity contribution < 1.29 is 19.1 Å². The molecular weight excluding hydrogens is 364 g/mol. The normalized spacial score (nSPS) is 13.1. The third-order valence-electron chi connectivity index (χ3n) is 5.71. The molecule has 0 spiro atoms. The molecule has 0 saturated heterocycles. The van der Waals surface area contributed by atoms with Gasteiger partial charge in [-0.25, -0.2) is 0 Å². The lowest BCUT2D eigenvalue weighted by atomic mass is 9.84. The second kappa shape index (κ2) is 20.2. The molecule has 0 amide bonds. The monoisotopic (exact) mass is 412 g/mol. The molecule has 0 aromatic rings. The van der Waals surface area contributed by atoms with E-state index in [9.17, 15) is 9.59 Å². The largest absolute Gasteiger partial charge is 0.466 e. The van der Waals surface area contributed by atoms with Crippen LogP contribution in [0.5, 0.6) is 0 Å². The van der Waals surface area contributed by atoms with Gasteiger partial charge in [0.2, 0.25) is 0 Å². The van der Waals surface area contributed by atoms with Gasteiger partial charge in [0.25, 0.3) is 0 Å². The Labute approximate surface area is 180 Å². The first-order valence-corrected chi connectivity index (χ1v) is 12.4. The Bertz CT molecular complexity index is 394. The SMILES string of the molecule is CCCOC(=O)CCCCCCCCCCCC(CC)C(CC)C(=O)OCCC. The van der Waals surface area contributed by atoms with Crippen LogP contribution in [0.15, 0.2) is 0 Å². The first-order chi connectivity index (χ1) is 14.1. The van der Waals surface area contributed by atoms with Gasteiger partial charge >= 0.3 is 11.9 Å². The van der Waals surface area contributed by atoms with Crippen LogP contribution in [-0.4, -0.2) is 25.2 Å². The van der Waals surface area contributed by atoms with Crippen LogP contribution in [0.4, 0.5) is 0 Å². The number of ether oxygens (including phenoxy) is 2. The van der Waals surface area contributed by atoms with E-state index in [0.717, 1.165) is 44.9 Å². The van der Waals surface area contributed by atoms with Crippen molar-refractivity contribution in [1.29, 1.82) is 0 Å². The van der Waals surface area contributed by atoms with Gasteiger partial charge in [-0.3, -0.25) is 9.59 Å². The van der Waals surface area contributed by atoms with Crippen LogP contribution in [0, 0.1) is 11.8 Å². The minimum atomic E-state index is -0.0406. The Hall–Kier alpha value is -1.06. The number of esters is 2. The zero-order valence-corrected chi connectivity index (χ0v) is 19.8. The van der Waals surface area contributed by atoms with Crippen molar-refractivity contribution in [3.63, 3.8) is 0 Å². The average molecular weight is 413 g/mol. The van der Waals surface area contributed by atoms with Crippen molar-refractivity contribution in [1.82, 2.24) is 0 Å². The van der Waals surface area contributed by atoms with Crippen molar-refractivity contribution in [2.75, 3.05) is 13.2 Å². The Kier molecular flexibility index (Phi) is 19.5. The quantitative estimate of drug-likeness (QED) is 0.156. The van der Waals surface area contributed by atoms with E-state index in [1.807, 2.05) is 13.8 Å². The molecule has 0 aromatic heterocycles. The number of hydrogen-bond donors (Lipinski definition) is 0. The summed E-state index contributed by atoms with van der Waals surface area (Å²) in [6.07, 6.45) is 16.4. The molecule has 0 radical (unpaired) electrons. The van der Waals surface area contributed by atoms with Gasteiger partial charge in [0, 0.05) is 6.42 Å². The predicted octanol–water partition coefficient (Wildman–Crippen LogP) is 7.24. The van der Waals surface area contributed by atoms with Crippen LogP contribution in [0.25, 0.3) is 0 Å². The summed E-state index contributed by atoms with van der Waals surface area (Å²) in [4.78, 5) is 23.7. The number of carbonyl (C=O) groups is 2. The molecule has 0 bridgehead atoms. The molecule has 0 aliphatic carbocycles. The highest BCUT2D eigenvalue weighted by Gasteiger charge is 2.26. The smallest absolute Gasteiger partial charge is 0.309 e. The van der Waals surface area contributed by atoms with Crippen molar-refractivity contribution in [2.24, 2.45) is 11.8 Å². The number of rotatable bonds is 20. The maximum absolute atomic E-state index is 12.3. The molecule has 4 heteroatoms. The molecule has 172 valence electrons. The molecule has 29 heavy (non-hydrogen) atoms. The Morgan fingerprint density at radius 3 is 1.69 bits per heavy atom. The molecule has 0 aliphatic heterocycles. The summed E-state index contributed by atoms with van der Waals surface area (Å²) in [5.41, 5.74) is 0. The fraction of sp³-hybridized carbons (Fsp3) is 0.920. The molecule has 0 fully saturated rings. The molecule has 0 aromatic carbocycles. The van der Waals surface area contributed by atoms with Gasteiger partial charge in [-0.05, 0) is 38.0 Å². The second-order valence-electron chi connectivity index (χ2n) is 8.29. The fourth-order valence-corrected chi connectivity index (χ4v) is 3.89. The zero-order chi connectivity index (χ0) is 21.7. The van der Waals surface area contributed by atoms with E-state index in [4.69, 9.17) is 9.47 Å². The summed E-state index contributed by atoms with van der Waals surface area (Å²) in [6, 6.07) is 0. The van der Waals surface area contributed by atoms with E-state index in [-0.39, 0.29) is 17.9 Å². The maximum atomic E-state index is 12.3. The van der Waals surface area contributed by atoms with Crippen LogP contribution < -0.4 is 0 Å². The average Bonchev–Trinajstić information content (AvgIpc) is 2.73. The van der Waals surface area contributed by atoms with Gasteiger partial charge in [-0.2, -0.15) is 0 Å². The molecule has 2 unspecified atom stereocenters. The van der Waals surface area contributed by atoms with E-state index in [1.165, 1.54) is 44.9 Å². The minimum absolute atomic E-state index is 0.0137. The van der Waals surface area contributed by atoms with E-state index in [1.54, 1.807) is 0 Å². The Balaban J connectivity index is 3.66. The maximum Gasteiger partial charge on any atom is 0.309 e. The predicted molar refractivity (Wildman–Crippen MR) is 121 cm³/mol. The van der Waals surface area contributed by atoms with Gasteiger partial charge in [0.05, 0.1) is 19.1 Å². The lowest BCUT2D eigenvalue weighted by Gasteiger charge is -2.23. The van der Waals surface area contributed by atoms with Gasteiger partial charge in [-0.15, -0.1) is 0 Å². The lowest BCUT2D eigenvalue weighted by Crippen LogP contribution is -2.25. The third kappa shape index (κ3) is 15.4. The first kappa shape index (κ1) is 27.9. The summed E-state index contributed by atoms with van der Waals surface area (Å²) >= 11 is 0. The van der Waals surface area contributed by atoms with Gasteiger partial charge in [0.15, 0.2) is 0 Å². The van der Waals surface area contributed by atoms with Gasteiger partial charge < -0.3 is 9.47 Å². The molecule has 0 saturated carbocycles. The molecule has 0 aliphatic rings. The molecule has 2 atom stereocenters. The van der Waals surface area contributed by atoms with E-state index >= 15 is 0 Å². The van der Waals surface area contributed by atoms with Crippen molar-refractivity contribution in [2.45, 2.75) is 124 Å². The summed E-state index contributed by atoms with van der Waals surface area (Å²) in [6.45, 7) is 9.46. The van der Waals surface area contributed by atoms with E-state index in [0.29, 0.717) is 25.6 Å². The molecule has 4 nitrogen and oxygen atoms in total. The van der Waals surface area contributed by atoms with Crippen LogP contribution >= 0.6 is 0 Å². The second-order valence-corrected chi connectivity index (χ2v) is 8.29. The van der Waals surface area contributed by atoms with Crippen LogP contribution in [-0.2, 0) is 19.1 Å². The van der Waals surface area contributed by atoms with Gasteiger partial charge in [-0.1, -0.05) is 85.5 Å². The van der Waals surface area contributed by atoms with Crippen LogP contribution in [0.2, 0.25) is 0 Å². The number of carbonyl (C=O) groups excluding carboxylic acids is 2. The summed E-state index contributed by atoms with van der Waals surface area (Å²) in [5, 5.41) is 0. The summed E-state index contributed by atoms with van der Waals surface area (Å²) < 4.78 is 10.5. The number of unbranched alkanes of at least 4 members (excludes halogenated alkanes) is 8. The fourth-order valence-electron chi connectivity index (χ4n) is 3.89. The zero-order valence-electron chi connectivity index (χ0n) is 19.8.